The fourth-order valence-corrected chi connectivity index (χ4v) is 3.24. The van der Waals surface area contributed by atoms with Gasteiger partial charge in [0.05, 0.1) is 5.92 Å². The summed E-state index contributed by atoms with van der Waals surface area (Å²) in [6.07, 6.45) is -3.79. The van der Waals surface area contributed by atoms with Crippen molar-refractivity contribution < 1.29 is 35.5 Å². The van der Waals surface area contributed by atoms with Crippen LogP contribution in [0, 0.1) is 23.7 Å². The predicted octanol–water partition coefficient (Wildman–Crippen LogP) is 3.00. The number of amides is 1. The molecule has 0 aromatic rings. The van der Waals surface area contributed by atoms with Gasteiger partial charge in [-0.05, 0) is 18.3 Å². The van der Waals surface area contributed by atoms with Crippen LogP contribution in [-0.2, 0) is 4.79 Å². The summed E-state index contributed by atoms with van der Waals surface area (Å²) in [6, 6.07) is 0. The number of nitrogens with one attached hydrogen (secondary N) is 1. The molecule has 1 amide bonds. The lowest BCUT2D eigenvalue weighted by Crippen LogP contribution is -2.59. The zero-order chi connectivity index (χ0) is 16.2. The fourth-order valence-electron chi connectivity index (χ4n) is 3.24. The van der Waals surface area contributed by atoms with Crippen LogP contribution in [-0.4, -0.2) is 31.0 Å². The zero-order valence-electron chi connectivity index (χ0n) is 10.7. The lowest BCUT2D eigenvalue weighted by Gasteiger charge is -2.38. The molecule has 0 heterocycles. The van der Waals surface area contributed by atoms with E-state index < -0.39 is 47.6 Å². The lowest BCUT2D eigenvalue weighted by atomic mass is 9.76. The summed E-state index contributed by atoms with van der Waals surface area (Å²) in [5.41, 5.74) is 0. The number of hydrogen-bond acceptors (Lipinski definition) is 1. The van der Waals surface area contributed by atoms with Gasteiger partial charge in [-0.2, -0.15) is 30.7 Å². The lowest BCUT2D eigenvalue weighted by molar-refractivity contribution is -0.369. The van der Waals surface area contributed by atoms with E-state index in [2.05, 4.69) is 5.32 Å². The Kier molecular flexibility index (Phi) is 3.53. The first-order valence-electron chi connectivity index (χ1n) is 6.17. The van der Waals surface area contributed by atoms with Gasteiger partial charge >= 0.3 is 18.0 Å². The maximum absolute atomic E-state index is 13.9. The van der Waals surface area contributed by atoms with Crippen LogP contribution >= 0.6 is 0 Å². The highest BCUT2D eigenvalue weighted by atomic mass is 19.4. The molecule has 0 saturated heterocycles. The molecule has 0 radical (unpaired) electrons. The second kappa shape index (κ2) is 4.61. The van der Waals surface area contributed by atoms with E-state index in [1.807, 2.05) is 0 Å². The van der Waals surface area contributed by atoms with Crippen LogP contribution in [0.4, 0.5) is 30.7 Å². The van der Waals surface area contributed by atoms with Crippen LogP contribution < -0.4 is 5.32 Å². The van der Waals surface area contributed by atoms with Crippen molar-refractivity contribution in [1.29, 1.82) is 0 Å². The number of carbonyl (C=O) groups is 1. The zero-order valence-corrected chi connectivity index (χ0v) is 10.7. The van der Waals surface area contributed by atoms with Crippen molar-refractivity contribution >= 4 is 5.91 Å². The van der Waals surface area contributed by atoms with Crippen molar-refractivity contribution in [2.75, 3.05) is 7.05 Å². The maximum atomic E-state index is 13.9. The molecule has 2 bridgehead atoms. The summed E-state index contributed by atoms with van der Waals surface area (Å²) < 4.78 is 91.1. The van der Waals surface area contributed by atoms with Gasteiger partial charge in [0.2, 0.25) is 5.91 Å². The van der Waals surface area contributed by atoms with Crippen LogP contribution in [0.1, 0.15) is 6.42 Å². The number of fused-ring (bicyclic) bond motifs is 2. The molecule has 2 rings (SSSR count). The normalized spacial score (nSPS) is 32.6. The van der Waals surface area contributed by atoms with E-state index in [1.54, 1.807) is 0 Å². The van der Waals surface area contributed by atoms with Gasteiger partial charge in [0.1, 0.15) is 0 Å². The molecule has 0 aliphatic heterocycles. The molecular formula is C12H12F7NO. The second-order valence-electron chi connectivity index (χ2n) is 5.31. The molecule has 0 unspecified atom stereocenters. The first-order valence-corrected chi connectivity index (χ1v) is 6.17. The van der Waals surface area contributed by atoms with Gasteiger partial charge in [-0.15, -0.1) is 0 Å². The van der Waals surface area contributed by atoms with Gasteiger partial charge in [0.15, 0.2) is 0 Å². The van der Waals surface area contributed by atoms with Crippen molar-refractivity contribution in [3.63, 3.8) is 0 Å². The fraction of sp³-hybridized carbons (Fsp3) is 0.750. The van der Waals surface area contributed by atoms with Crippen LogP contribution in [0.2, 0.25) is 0 Å². The Balaban J connectivity index is 2.43. The molecule has 0 spiro atoms. The Morgan fingerprint density at radius 1 is 1.05 bits per heavy atom. The van der Waals surface area contributed by atoms with E-state index in [0.717, 1.165) is 7.05 Å². The summed E-state index contributed by atoms with van der Waals surface area (Å²) in [6.45, 7) is 0. The van der Waals surface area contributed by atoms with E-state index in [0.29, 0.717) is 0 Å². The van der Waals surface area contributed by atoms with E-state index >= 15 is 0 Å². The van der Waals surface area contributed by atoms with Crippen molar-refractivity contribution in [1.82, 2.24) is 5.32 Å². The average molecular weight is 319 g/mol. The molecule has 4 atom stereocenters. The minimum absolute atomic E-state index is 0.0215. The molecule has 21 heavy (non-hydrogen) atoms. The highest BCUT2D eigenvalue weighted by molar-refractivity contribution is 5.80. The first-order chi connectivity index (χ1) is 9.45. The number of allylic oxidation sites excluding steroid dienone is 2. The summed E-state index contributed by atoms with van der Waals surface area (Å²) in [5.74, 6) is -18.4. The number of rotatable bonds is 3. The highest BCUT2D eigenvalue weighted by Gasteiger charge is 2.78. The Morgan fingerprint density at radius 2 is 1.57 bits per heavy atom. The standard InChI is InChI=1S/C12H12F7NO/c1-20-9(21)7-5-2-3-6(4-5)8(7)10(13,14)11(15,16)12(17,18)19/h2-3,5-8H,4H2,1H3,(H,20,21)/t5-,6+,7+,8+/m1/s1. The van der Waals surface area contributed by atoms with Gasteiger partial charge in [0.25, 0.3) is 0 Å². The van der Waals surface area contributed by atoms with E-state index in [4.69, 9.17) is 0 Å². The van der Waals surface area contributed by atoms with Gasteiger partial charge in [-0.1, -0.05) is 12.2 Å². The monoisotopic (exact) mass is 319 g/mol. The third kappa shape index (κ3) is 2.12. The van der Waals surface area contributed by atoms with E-state index in [9.17, 15) is 35.5 Å². The third-order valence-corrected chi connectivity index (χ3v) is 4.20. The molecule has 1 N–H and O–H groups in total. The molecule has 2 aliphatic rings. The molecule has 0 aromatic heterocycles. The quantitative estimate of drug-likeness (QED) is 0.629. The predicted molar refractivity (Wildman–Crippen MR) is 57.7 cm³/mol. The van der Waals surface area contributed by atoms with Crippen molar-refractivity contribution in [2.45, 2.75) is 24.4 Å². The molecule has 2 nitrogen and oxygen atoms in total. The van der Waals surface area contributed by atoms with Gasteiger partial charge in [-0.25, -0.2) is 0 Å². The molecule has 120 valence electrons. The van der Waals surface area contributed by atoms with Crippen molar-refractivity contribution in [3.05, 3.63) is 12.2 Å². The number of carbonyl (C=O) groups excluding carboxylic acids is 1. The SMILES string of the molecule is CNC(=O)[C@@H]1[C@@H](C(F)(F)C(F)(F)C(F)(F)F)[C@H]2C=C[C@@H]1C2. The second-order valence-corrected chi connectivity index (χ2v) is 5.31. The van der Waals surface area contributed by atoms with Gasteiger partial charge < -0.3 is 5.32 Å². The minimum atomic E-state index is -6.38. The Bertz CT molecular complexity index is 471. The molecular weight excluding hydrogens is 307 g/mol. The average Bonchev–Trinajstić information content (AvgIpc) is 2.96. The topological polar surface area (TPSA) is 29.1 Å². The summed E-state index contributed by atoms with van der Waals surface area (Å²) >= 11 is 0. The van der Waals surface area contributed by atoms with Crippen LogP contribution in [0.3, 0.4) is 0 Å². The third-order valence-electron chi connectivity index (χ3n) is 4.20. The van der Waals surface area contributed by atoms with Crippen LogP contribution in [0.25, 0.3) is 0 Å². The van der Waals surface area contributed by atoms with E-state index in [-0.39, 0.29) is 6.42 Å². The van der Waals surface area contributed by atoms with E-state index in [1.165, 1.54) is 12.2 Å². The molecule has 1 saturated carbocycles. The summed E-state index contributed by atoms with van der Waals surface area (Å²) in [7, 11) is 1.12. The molecule has 1 fully saturated rings. The Labute approximate surface area is 115 Å². The van der Waals surface area contributed by atoms with Gasteiger partial charge in [0, 0.05) is 13.0 Å². The van der Waals surface area contributed by atoms with Crippen LogP contribution in [0.5, 0.6) is 0 Å². The Hall–Kier alpha value is -1.28. The van der Waals surface area contributed by atoms with Crippen LogP contribution in [0.15, 0.2) is 12.2 Å². The Morgan fingerprint density at radius 3 is 2.05 bits per heavy atom. The summed E-state index contributed by atoms with van der Waals surface area (Å²) in [4.78, 5) is 11.6. The molecule has 2 aliphatic carbocycles. The molecule has 0 aromatic carbocycles. The first kappa shape index (κ1) is 16.1. The molecule has 9 heteroatoms. The largest absolute Gasteiger partial charge is 0.459 e. The maximum Gasteiger partial charge on any atom is 0.459 e. The number of hydrogen-bond donors (Lipinski definition) is 1. The number of alkyl halides is 7. The van der Waals surface area contributed by atoms with Gasteiger partial charge in [-0.3, -0.25) is 4.79 Å². The number of halogens is 7. The summed E-state index contributed by atoms with van der Waals surface area (Å²) in [5, 5.41) is 2.05. The minimum Gasteiger partial charge on any atom is -0.359 e. The highest BCUT2D eigenvalue weighted by Crippen LogP contribution is 2.60. The smallest absolute Gasteiger partial charge is 0.359 e. The van der Waals surface area contributed by atoms with Crippen molar-refractivity contribution in [2.24, 2.45) is 23.7 Å². The van der Waals surface area contributed by atoms with Crippen molar-refractivity contribution in [3.8, 4) is 0 Å².